The van der Waals surface area contributed by atoms with Crippen LogP contribution in [0.2, 0.25) is 0 Å². The highest BCUT2D eigenvalue weighted by atomic mass is 16.1. The molecule has 0 unspecified atom stereocenters. The highest BCUT2D eigenvalue weighted by molar-refractivity contribution is 5.89. The smallest absolute Gasteiger partial charge is 0.153 e. The highest BCUT2D eigenvalue weighted by Crippen LogP contribution is 2.31. The van der Waals surface area contributed by atoms with E-state index in [4.69, 9.17) is 5.73 Å². The number of aromatic nitrogens is 2. The van der Waals surface area contributed by atoms with Crippen LogP contribution in [0.4, 0.5) is 0 Å². The molecule has 1 aromatic heterocycles. The molecule has 0 atom stereocenters. The minimum atomic E-state index is -0.509. The van der Waals surface area contributed by atoms with E-state index in [-0.39, 0.29) is 5.78 Å². The van der Waals surface area contributed by atoms with Crippen molar-refractivity contribution < 1.29 is 4.79 Å². The van der Waals surface area contributed by atoms with Gasteiger partial charge in [-0.1, -0.05) is 0 Å². The fourth-order valence-corrected chi connectivity index (χ4v) is 1.95. The van der Waals surface area contributed by atoms with E-state index < -0.39 is 5.54 Å². The first-order valence-corrected chi connectivity index (χ1v) is 5.40. The second kappa shape index (κ2) is 3.77. The second-order valence-electron chi connectivity index (χ2n) is 4.39. The molecule has 1 heterocycles. The zero-order valence-corrected chi connectivity index (χ0v) is 9.07. The van der Waals surface area contributed by atoms with Crippen LogP contribution in [0.1, 0.15) is 31.5 Å². The Kier molecular flexibility index (Phi) is 2.61. The first kappa shape index (κ1) is 10.4. The fourth-order valence-electron chi connectivity index (χ4n) is 1.95. The molecule has 15 heavy (non-hydrogen) atoms. The highest BCUT2D eigenvalue weighted by Gasteiger charge is 2.39. The summed E-state index contributed by atoms with van der Waals surface area (Å²) in [6.45, 7) is 0. The normalized spacial score (nSPS) is 18.5. The SMILES string of the molecule is Cn1ccnc1CCC(=O)C1(N)CCC1. The molecule has 1 aromatic rings. The third-order valence-electron chi connectivity index (χ3n) is 3.30. The minimum absolute atomic E-state index is 0.191. The standard InChI is InChI=1S/C11H17N3O/c1-14-8-7-13-10(14)4-3-9(15)11(12)5-2-6-11/h7-8H,2-6,12H2,1H3. The maximum absolute atomic E-state index is 11.8. The molecule has 1 fully saturated rings. The van der Waals surface area contributed by atoms with Gasteiger partial charge in [0.1, 0.15) is 5.82 Å². The first-order valence-electron chi connectivity index (χ1n) is 5.40. The number of carbonyl (C=O) groups excluding carboxylic acids is 1. The van der Waals surface area contributed by atoms with Crippen molar-refractivity contribution in [1.82, 2.24) is 9.55 Å². The lowest BCUT2D eigenvalue weighted by Gasteiger charge is -2.36. The molecular formula is C11H17N3O. The van der Waals surface area contributed by atoms with Gasteiger partial charge in [-0.2, -0.15) is 0 Å². The van der Waals surface area contributed by atoms with Crippen LogP contribution < -0.4 is 5.73 Å². The summed E-state index contributed by atoms with van der Waals surface area (Å²) >= 11 is 0. The molecule has 82 valence electrons. The van der Waals surface area contributed by atoms with Crippen molar-refractivity contribution in [3.63, 3.8) is 0 Å². The number of imidazole rings is 1. The van der Waals surface area contributed by atoms with Gasteiger partial charge in [0.15, 0.2) is 5.78 Å². The average molecular weight is 207 g/mol. The largest absolute Gasteiger partial charge is 0.338 e. The average Bonchev–Trinajstić information content (AvgIpc) is 2.56. The molecule has 0 spiro atoms. The number of aryl methyl sites for hydroxylation is 2. The van der Waals surface area contributed by atoms with E-state index >= 15 is 0 Å². The van der Waals surface area contributed by atoms with E-state index in [1.807, 2.05) is 17.8 Å². The molecular weight excluding hydrogens is 190 g/mol. The Labute approximate surface area is 89.5 Å². The topological polar surface area (TPSA) is 60.9 Å². The van der Waals surface area contributed by atoms with Gasteiger partial charge in [-0.15, -0.1) is 0 Å². The van der Waals surface area contributed by atoms with Crippen LogP contribution >= 0.6 is 0 Å². The van der Waals surface area contributed by atoms with Gasteiger partial charge < -0.3 is 10.3 Å². The predicted octanol–water partition coefficient (Wildman–Crippen LogP) is 0.803. The van der Waals surface area contributed by atoms with Gasteiger partial charge in [0.25, 0.3) is 0 Å². The van der Waals surface area contributed by atoms with Crippen LogP contribution in [-0.2, 0) is 18.3 Å². The maximum Gasteiger partial charge on any atom is 0.153 e. The van der Waals surface area contributed by atoms with Crippen molar-refractivity contribution in [2.24, 2.45) is 12.8 Å². The molecule has 2 N–H and O–H groups in total. The fraction of sp³-hybridized carbons (Fsp3) is 0.636. The lowest BCUT2D eigenvalue weighted by molar-refractivity contribution is -0.127. The summed E-state index contributed by atoms with van der Waals surface area (Å²) in [7, 11) is 1.94. The number of nitrogens with two attached hydrogens (primary N) is 1. The third-order valence-corrected chi connectivity index (χ3v) is 3.30. The van der Waals surface area contributed by atoms with E-state index in [0.717, 1.165) is 25.1 Å². The van der Waals surface area contributed by atoms with Gasteiger partial charge in [-0.3, -0.25) is 4.79 Å². The van der Waals surface area contributed by atoms with Crippen molar-refractivity contribution in [3.05, 3.63) is 18.2 Å². The molecule has 0 amide bonds. The van der Waals surface area contributed by atoms with Crippen LogP contribution in [0.25, 0.3) is 0 Å². The number of nitrogens with zero attached hydrogens (tertiary/aromatic N) is 2. The minimum Gasteiger partial charge on any atom is -0.338 e. The Bertz CT molecular complexity index is 366. The van der Waals surface area contributed by atoms with Gasteiger partial charge in [0, 0.05) is 32.3 Å². The van der Waals surface area contributed by atoms with Crippen molar-refractivity contribution >= 4 is 5.78 Å². The van der Waals surface area contributed by atoms with Gasteiger partial charge >= 0.3 is 0 Å². The zero-order chi connectivity index (χ0) is 10.9. The second-order valence-corrected chi connectivity index (χ2v) is 4.39. The van der Waals surface area contributed by atoms with Gasteiger partial charge in [-0.05, 0) is 19.3 Å². The van der Waals surface area contributed by atoms with Crippen LogP contribution in [0.5, 0.6) is 0 Å². The van der Waals surface area contributed by atoms with E-state index in [9.17, 15) is 4.79 Å². The Morgan fingerprint density at radius 2 is 2.40 bits per heavy atom. The Morgan fingerprint density at radius 1 is 1.67 bits per heavy atom. The summed E-state index contributed by atoms with van der Waals surface area (Å²) in [5.74, 6) is 1.14. The summed E-state index contributed by atoms with van der Waals surface area (Å²) in [5.41, 5.74) is 5.44. The lowest BCUT2D eigenvalue weighted by atomic mass is 9.73. The van der Waals surface area contributed by atoms with Gasteiger partial charge in [0.2, 0.25) is 0 Å². The number of rotatable bonds is 4. The van der Waals surface area contributed by atoms with Gasteiger partial charge in [0.05, 0.1) is 5.54 Å². The summed E-state index contributed by atoms with van der Waals surface area (Å²) in [4.78, 5) is 16.0. The van der Waals surface area contributed by atoms with E-state index in [1.54, 1.807) is 6.20 Å². The molecule has 0 aliphatic heterocycles. The molecule has 0 saturated heterocycles. The van der Waals surface area contributed by atoms with E-state index in [1.165, 1.54) is 0 Å². The Hall–Kier alpha value is -1.16. The summed E-state index contributed by atoms with van der Waals surface area (Å²) < 4.78 is 1.94. The van der Waals surface area contributed by atoms with Crippen LogP contribution in [-0.4, -0.2) is 20.9 Å². The van der Waals surface area contributed by atoms with Gasteiger partial charge in [-0.25, -0.2) is 4.98 Å². The van der Waals surface area contributed by atoms with Crippen LogP contribution in [0.15, 0.2) is 12.4 Å². The van der Waals surface area contributed by atoms with Crippen molar-refractivity contribution in [2.45, 2.75) is 37.6 Å². The molecule has 1 aliphatic carbocycles. The number of Topliss-reactive ketones (excluding diaryl/α,β-unsaturated/α-hetero) is 1. The Morgan fingerprint density at radius 3 is 2.87 bits per heavy atom. The zero-order valence-electron chi connectivity index (χ0n) is 9.07. The molecule has 4 heteroatoms. The predicted molar refractivity (Wildman–Crippen MR) is 57.3 cm³/mol. The Balaban J connectivity index is 1.88. The first-order chi connectivity index (χ1) is 7.12. The summed E-state index contributed by atoms with van der Waals surface area (Å²) in [6, 6.07) is 0. The van der Waals surface area contributed by atoms with Crippen molar-refractivity contribution in [3.8, 4) is 0 Å². The van der Waals surface area contributed by atoms with Crippen molar-refractivity contribution in [1.29, 1.82) is 0 Å². The number of hydrogen-bond acceptors (Lipinski definition) is 3. The molecule has 4 nitrogen and oxygen atoms in total. The van der Waals surface area contributed by atoms with E-state index in [2.05, 4.69) is 4.98 Å². The molecule has 0 bridgehead atoms. The monoisotopic (exact) mass is 207 g/mol. The molecule has 2 rings (SSSR count). The number of ketones is 1. The number of carbonyl (C=O) groups is 1. The third kappa shape index (κ3) is 1.95. The van der Waals surface area contributed by atoms with E-state index in [0.29, 0.717) is 12.8 Å². The van der Waals surface area contributed by atoms with Crippen LogP contribution in [0, 0.1) is 0 Å². The van der Waals surface area contributed by atoms with Crippen LogP contribution in [0.3, 0.4) is 0 Å². The quantitative estimate of drug-likeness (QED) is 0.794. The summed E-state index contributed by atoms with van der Waals surface area (Å²) in [5, 5.41) is 0. The maximum atomic E-state index is 11.8. The lowest BCUT2D eigenvalue weighted by Crippen LogP contribution is -2.53. The summed E-state index contributed by atoms with van der Waals surface area (Å²) in [6.07, 6.45) is 7.65. The molecule has 0 radical (unpaired) electrons. The van der Waals surface area contributed by atoms with Crippen molar-refractivity contribution in [2.75, 3.05) is 0 Å². The molecule has 1 saturated carbocycles. The molecule has 0 aromatic carbocycles. The number of hydrogen-bond donors (Lipinski definition) is 1. The molecule has 1 aliphatic rings.